The zero-order valence-electron chi connectivity index (χ0n) is 20.4. The number of carbonyl (C=O) groups excluding carboxylic acids is 1. The summed E-state index contributed by atoms with van der Waals surface area (Å²) < 4.78 is 27.8. The van der Waals surface area contributed by atoms with Crippen LogP contribution >= 0.6 is 23.2 Å². The Bertz CT molecular complexity index is 965. The molecule has 37 heavy (non-hydrogen) atoms. The molecular formula is C22H33Cl2NO11S. The number of carboxylic acid groups (broad SMARTS) is 1. The maximum Gasteiger partial charge on any atom is 0.377 e. The minimum Gasteiger partial charge on any atom is -0.505 e. The van der Waals surface area contributed by atoms with E-state index in [2.05, 4.69) is 13.8 Å². The number of cyclic esters (lactones) is 1. The topological polar surface area (TPSA) is 191 Å². The third kappa shape index (κ3) is 14.3. The Hall–Kier alpha value is -2.29. The van der Waals surface area contributed by atoms with Crippen molar-refractivity contribution in [2.75, 3.05) is 49.7 Å². The van der Waals surface area contributed by atoms with Gasteiger partial charge in [-0.15, -0.1) is 23.2 Å². The number of aliphatic hydroxyl groups excluding tert-OH is 4. The van der Waals surface area contributed by atoms with E-state index in [9.17, 15) is 18.0 Å². The first-order valence-corrected chi connectivity index (χ1v) is 13.7. The second-order valence-electron chi connectivity index (χ2n) is 7.46. The van der Waals surface area contributed by atoms with Gasteiger partial charge in [0.2, 0.25) is 5.76 Å². The van der Waals surface area contributed by atoms with Crippen LogP contribution in [-0.4, -0.2) is 103 Å². The van der Waals surface area contributed by atoms with Crippen molar-refractivity contribution in [1.29, 1.82) is 0 Å². The van der Waals surface area contributed by atoms with Crippen LogP contribution in [0.5, 0.6) is 0 Å². The van der Waals surface area contributed by atoms with Gasteiger partial charge in [0.1, 0.15) is 6.10 Å². The van der Waals surface area contributed by atoms with E-state index in [4.69, 9.17) is 48.7 Å². The summed E-state index contributed by atoms with van der Waals surface area (Å²) in [6, 6.07) is 8.14. The Morgan fingerprint density at radius 1 is 1.16 bits per heavy atom. The van der Waals surface area contributed by atoms with Crippen LogP contribution in [0.2, 0.25) is 0 Å². The number of aliphatic hydroxyl groups is 4. The van der Waals surface area contributed by atoms with Gasteiger partial charge in [0, 0.05) is 37.0 Å². The molecule has 0 saturated heterocycles. The summed E-state index contributed by atoms with van der Waals surface area (Å²) in [6.45, 7) is 0.870. The summed E-state index contributed by atoms with van der Waals surface area (Å²) in [6.07, 6.45) is -0.111. The fourth-order valence-electron chi connectivity index (χ4n) is 2.71. The first kappa shape index (κ1) is 34.7. The van der Waals surface area contributed by atoms with Crippen LogP contribution in [0.4, 0.5) is 5.69 Å². The van der Waals surface area contributed by atoms with Gasteiger partial charge in [-0.2, -0.15) is 8.42 Å². The van der Waals surface area contributed by atoms with Crippen molar-refractivity contribution >= 4 is 50.9 Å². The quantitative estimate of drug-likeness (QED) is 0.134. The van der Waals surface area contributed by atoms with Crippen LogP contribution < -0.4 is 4.90 Å². The van der Waals surface area contributed by atoms with E-state index in [1.807, 2.05) is 24.3 Å². The molecule has 1 aromatic carbocycles. The largest absolute Gasteiger partial charge is 0.505 e. The number of hydrogen-bond donors (Lipinski definition) is 5. The van der Waals surface area contributed by atoms with E-state index in [1.165, 1.54) is 0 Å². The van der Waals surface area contributed by atoms with Crippen molar-refractivity contribution in [1.82, 2.24) is 0 Å². The SMILES string of the molecule is COS(C)(=O)=O.O=C(O)CCCc1ccc(N(CCCl)CCCl)cc1.O=C1O[C@H]([C@@H](O)CO)C(O)=C1O. The van der Waals surface area contributed by atoms with Crippen LogP contribution in [0, 0.1) is 0 Å². The molecule has 5 N–H and O–H groups in total. The number of halogens is 2. The number of hydrogen-bond acceptors (Lipinski definition) is 11. The Morgan fingerprint density at radius 3 is 2.03 bits per heavy atom. The fraction of sp³-hybridized carbons (Fsp3) is 0.545. The molecule has 0 aliphatic carbocycles. The molecule has 0 aromatic heterocycles. The molecule has 1 aliphatic rings. The smallest absolute Gasteiger partial charge is 0.377 e. The lowest BCUT2D eigenvalue weighted by atomic mass is 10.1. The van der Waals surface area contributed by atoms with Gasteiger partial charge < -0.3 is 35.2 Å². The van der Waals surface area contributed by atoms with Crippen LogP contribution in [0.3, 0.4) is 0 Å². The van der Waals surface area contributed by atoms with Crippen LogP contribution in [0.15, 0.2) is 35.8 Å². The minimum absolute atomic E-state index is 0.215. The van der Waals surface area contributed by atoms with Crippen molar-refractivity contribution in [3.63, 3.8) is 0 Å². The van der Waals surface area contributed by atoms with Crippen molar-refractivity contribution in [2.24, 2.45) is 0 Å². The van der Waals surface area contributed by atoms with Gasteiger partial charge in [-0.25, -0.2) is 4.79 Å². The number of carboxylic acids is 1. The van der Waals surface area contributed by atoms with Crippen LogP contribution in [0.1, 0.15) is 18.4 Å². The van der Waals surface area contributed by atoms with E-state index in [1.54, 1.807) is 0 Å². The average Bonchev–Trinajstić information content (AvgIpc) is 3.11. The third-order valence-electron chi connectivity index (χ3n) is 4.65. The van der Waals surface area contributed by atoms with E-state index in [0.29, 0.717) is 18.2 Å². The molecule has 1 aliphatic heterocycles. The van der Waals surface area contributed by atoms with Gasteiger partial charge >= 0.3 is 11.9 Å². The number of nitrogens with zero attached hydrogens (tertiary/aromatic N) is 1. The van der Waals surface area contributed by atoms with E-state index >= 15 is 0 Å². The molecule has 0 radical (unpaired) electrons. The summed E-state index contributed by atoms with van der Waals surface area (Å²) >= 11 is 11.5. The standard InChI is InChI=1S/C14H19Cl2NO2.C6H8O6.C2H6O3S/c15-8-10-17(11-9-16)13-6-4-12(5-7-13)2-1-3-14(18)19;7-1-2(8)5-3(9)4(10)6(11)12-5;1-5-6(2,3)4/h4-7H,1-3,8-11H2,(H,18,19);2,5,7-10H,1H2;1-2H3/t;2-,5+;/m.0./s1. The zero-order chi connectivity index (χ0) is 28.6. The van der Waals surface area contributed by atoms with E-state index in [-0.39, 0.29) is 6.42 Å². The molecule has 1 heterocycles. The monoisotopic (exact) mass is 589 g/mol. The van der Waals surface area contributed by atoms with Crippen molar-refractivity contribution in [2.45, 2.75) is 31.5 Å². The number of alkyl halides is 2. The molecule has 0 amide bonds. The van der Waals surface area contributed by atoms with E-state index in [0.717, 1.165) is 44.1 Å². The van der Waals surface area contributed by atoms with Crippen LogP contribution in [-0.2, 0) is 35.0 Å². The van der Waals surface area contributed by atoms with E-state index < -0.39 is 52.4 Å². The lowest BCUT2D eigenvalue weighted by Gasteiger charge is -2.23. The van der Waals surface area contributed by atoms with Gasteiger partial charge in [-0.3, -0.25) is 8.98 Å². The second-order valence-corrected chi connectivity index (χ2v) is 9.96. The summed E-state index contributed by atoms with van der Waals surface area (Å²) in [5, 5.41) is 43.6. The molecule has 2 atom stereocenters. The van der Waals surface area contributed by atoms with Crippen molar-refractivity contribution in [3.05, 3.63) is 41.3 Å². The number of carbonyl (C=O) groups is 2. The maximum absolute atomic E-state index is 10.5. The normalized spacial score (nSPS) is 15.6. The summed E-state index contributed by atoms with van der Waals surface area (Å²) in [5.74, 6) is -2.39. The average molecular weight is 590 g/mol. The Morgan fingerprint density at radius 2 is 1.68 bits per heavy atom. The number of aliphatic carboxylic acids is 1. The molecule has 0 spiro atoms. The summed E-state index contributed by atoms with van der Waals surface area (Å²) in [4.78, 5) is 23.1. The maximum atomic E-state index is 10.5. The Kier molecular flexibility index (Phi) is 16.9. The lowest BCUT2D eigenvalue weighted by Crippen LogP contribution is -2.31. The van der Waals surface area contributed by atoms with Crippen molar-refractivity contribution in [3.8, 4) is 0 Å². The first-order valence-electron chi connectivity index (χ1n) is 10.9. The summed E-state index contributed by atoms with van der Waals surface area (Å²) in [7, 11) is -2.04. The molecule has 12 nitrogen and oxygen atoms in total. The summed E-state index contributed by atoms with van der Waals surface area (Å²) in [5.41, 5.74) is 2.25. The van der Waals surface area contributed by atoms with Crippen LogP contribution in [0.25, 0.3) is 0 Å². The highest BCUT2D eigenvalue weighted by atomic mass is 35.5. The third-order valence-corrected chi connectivity index (χ3v) is 5.59. The molecule has 15 heteroatoms. The zero-order valence-corrected chi connectivity index (χ0v) is 22.7. The number of rotatable bonds is 12. The molecule has 0 fully saturated rings. The molecule has 0 unspecified atom stereocenters. The number of aryl methyl sites for hydroxylation is 1. The highest BCUT2D eigenvalue weighted by molar-refractivity contribution is 7.85. The molecule has 0 bridgehead atoms. The molecule has 212 valence electrons. The highest BCUT2D eigenvalue weighted by Gasteiger charge is 2.38. The van der Waals surface area contributed by atoms with Crippen molar-refractivity contribution < 1.29 is 52.5 Å². The van der Waals surface area contributed by atoms with Gasteiger partial charge in [0.15, 0.2) is 11.9 Å². The first-order chi connectivity index (χ1) is 17.3. The number of esters is 1. The predicted molar refractivity (Wildman–Crippen MR) is 138 cm³/mol. The van der Waals surface area contributed by atoms with Gasteiger partial charge in [0.05, 0.1) is 20.0 Å². The predicted octanol–water partition coefficient (Wildman–Crippen LogP) is 1.56. The Balaban J connectivity index is 0.000000611. The number of anilines is 1. The van der Waals surface area contributed by atoms with Gasteiger partial charge in [0.25, 0.3) is 10.1 Å². The molecule has 0 saturated carbocycles. The number of benzene rings is 1. The fourth-order valence-corrected chi connectivity index (χ4v) is 3.12. The minimum atomic E-state index is -3.16. The lowest BCUT2D eigenvalue weighted by molar-refractivity contribution is -0.147. The second kappa shape index (κ2) is 18.0. The molecule has 2 rings (SSSR count). The van der Waals surface area contributed by atoms with Gasteiger partial charge in [-0.1, -0.05) is 12.1 Å². The van der Waals surface area contributed by atoms with Gasteiger partial charge in [-0.05, 0) is 30.5 Å². The molecule has 1 aromatic rings. The highest BCUT2D eigenvalue weighted by Crippen LogP contribution is 2.21. The Labute approximate surface area is 225 Å². The number of ether oxygens (including phenoxy) is 1. The molecular weight excluding hydrogens is 557 g/mol.